The lowest BCUT2D eigenvalue weighted by Gasteiger charge is -2.48. The van der Waals surface area contributed by atoms with Gasteiger partial charge in [0.15, 0.2) is 0 Å². The first-order valence-electron chi connectivity index (χ1n) is 7.71. The van der Waals surface area contributed by atoms with Crippen molar-refractivity contribution in [2.75, 3.05) is 19.6 Å². The second kappa shape index (κ2) is 5.38. The van der Waals surface area contributed by atoms with E-state index in [2.05, 4.69) is 0 Å². The summed E-state index contributed by atoms with van der Waals surface area (Å²) in [6.07, 6.45) is 1.63. The fourth-order valence-corrected chi connectivity index (χ4v) is 3.82. The zero-order valence-corrected chi connectivity index (χ0v) is 13.1. The summed E-state index contributed by atoms with van der Waals surface area (Å²) in [7, 11) is 0. The summed E-state index contributed by atoms with van der Waals surface area (Å²) in [5, 5.41) is 0. The molecule has 5 heteroatoms. The van der Waals surface area contributed by atoms with Gasteiger partial charge in [-0.15, -0.1) is 0 Å². The van der Waals surface area contributed by atoms with Gasteiger partial charge in [0.25, 0.3) is 0 Å². The molecule has 0 radical (unpaired) electrons. The largest absolute Gasteiger partial charge is 0.343 e. The Kier molecular flexibility index (Phi) is 3.67. The van der Waals surface area contributed by atoms with E-state index in [0.29, 0.717) is 26.2 Å². The van der Waals surface area contributed by atoms with Gasteiger partial charge in [-0.1, -0.05) is 6.07 Å². The van der Waals surface area contributed by atoms with E-state index < -0.39 is 0 Å². The van der Waals surface area contributed by atoms with E-state index in [9.17, 15) is 14.0 Å². The van der Waals surface area contributed by atoms with Crippen LogP contribution in [0, 0.1) is 5.82 Å². The average Bonchev–Trinajstić information content (AvgIpc) is 2.47. The summed E-state index contributed by atoms with van der Waals surface area (Å²) in [5.41, 5.74) is 1.89. The van der Waals surface area contributed by atoms with Crippen molar-refractivity contribution in [1.29, 1.82) is 0 Å². The SMILES string of the molecule is CC(=O)N1CCC2(CC1)CN(C(C)=O)Cc1cc(F)ccc12. The molecule has 0 aliphatic carbocycles. The fraction of sp³-hybridized carbons (Fsp3) is 0.529. The molecular formula is C17H21FN2O2. The molecule has 0 atom stereocenters. The van der Waals surface area contributed by atoms with Crippen molar-refractivity contribution in [1.82, 2.24) is 9.80 Å². The lowest BCUT2D eigenvalue weighted by molar-refractivity contribution is -0.134. The Hall–Kier alpha value is -1.91. The molecule has 0 bridgehead atoms. The van der Waals surface area contributed by atoms with Crippen molar-refractivity contribution < 1.29 is 14.0 Å². The second-order valence-electron chi connectivity index (χ2n) is 6.46. The minimum atomic E-state index is -0.263. The van der Waals surface area contributed by atoms with Crippen LogP contribution in [0.2, 0.25) is 0 Å². The number of fused-ring (bicyclic) bond motifs is 2. The predicted octanol–water partition coefficient (Wildman–Crippen LogP) is 2.07. The van der Waals surface area contributed by atoms with Gasteiger partial charge in [-0.2, -0.15) is 0 Å². The van der Waals surface area contributed by atoms with Crippen molar-refractivity contribution >= 4 is 11.8 Å². The fourth-order valence-electron chi connectivity index (χ4n) is 3.82. The number of nitrogens with zero attached hydrogens (tertiary/aromatic N) is 2. The molecule has 0 aromatic heterocycles. The predicted molar refractivity (Wildman–Crippen MR) is 80.7 cm³/mol. The van der Waals surface area contributed by atoms with Crippen LogP contribution < -0.4 is 0 Å². The van der Waals surface area contributed by atoms with E-state index in [1.54, 1.807) is 24.8 Å². The Morgan fingerprint density at radius 2 is 1.73 bits per heavy atom. The molecule has 0 unspecified atom stereocenters. The number of carbonyl (C=O) groups is 2. The Balaban J connectivity index is 1.97. The van der Waals surface area contributed by atoms with Crippen LogP contribution in [0.15, 0.2) is 18.2 Å². The van der Waals surface area contributed by atoms with E-state index in [1.165, 1.54) is 6.07 Å². The van der Waals surface area contributed by atoms with Crippen molar-refractivity contribution in [3.63, 3.8) is 0 Å². The molecule has 4 nitrogen and oxygen atoms in total. The van der Waals surface area contributed by atoms with Gasteiger partial charge < -0.3 is 9.80 Å². The molecule has 1 fully saturated rings. The summed E-state index contributed by atoms with van der Waals surface area (Å²) in [4.78, 5) is 27.0. The number of amides is 2. The maximum atomic E-state index is 13.6. The zero-order chi connectivity index (χ0) is 15.9. The highest BCUT2D eigenvalue weighted by Gasteiger charge is 2.43. The lowest BCUT2D eigenvalue weighted by Crippen LogP contribution is -2.53. The van der Waals surface area contributed by atoms with Crippen LogP contribution in [0.25, 0.3) is 0 Å². The van der Waals surface area contributed by atoms with E-state index in [1.807, 2.05) is 11.0 Å². The molecule has 0 N–H and O–H groups in total. The lowest BCUT2D eigenvalue weighted by atomic mass is 9.68. The van der Waals surface area contributed by atoms with E-state index in [-0.39, 0.29) is 23.0 Å². The molecule has 1 spiro atoms. The third kappa shape index (κ3) is 2.49. The van der Waals surface area contributed by atoms with Gasteiger partial charge in [0.05, 0.1) is 0 Å². The second-order valence-corrected chi connectivity index (χ2v) is 6.46. The van der Waals surface area contributed by atoms with Gasteiger partial charge >= 0.3 is 0 Å². The van der Waals surface area contributed by atoms with Crippen molar-refractivity contribution in [3.8, 4) is 0 Å². The maximum Gasteiger partial charge on any atom is 0.219 e. The number of hydrogen-bond acceptors (Lipinski definition) is 2. The number of rotatable bonds is 0. The van der Waals surface area contributed by atoms with Gasteiger partial charge in [-0.05, 0) is 36.1 Å². The first-order valence-corrected chi connectivity index (χ1v) is 7.71. The average molecular weight is 304 g/mol. The number of benzene rings is 1. The molecule has 118 valence electrons. The van der Waals surface area contributed by atoms with Gasteiger partial charge in [0.2, 0.25) is 11.8 Å². The third-order valence-electron chi connectivity index (χ3n) is 5.10. The summed E-state index contributed by atoms with van der Waals surface area (Å²) >= 11 is 0. The molecule has 1 aromatic rings. The standard InChI is InChI=1S/C17H21FN2O2/c1-12(21)19-7-5-17(6-8-19)11-20(13(2)22)10-14-9-15(18)3-4-16(14)17/h3-4,9H,5-8,10-11H2,1-2H3. The summed E-state index contributed by atoms with van der Waals surface area (Å²) in [5.74, 6) is -0.155. The third-order valence-corrected chi connectivity index (χ3v) is 5.10. The molecule has 22 heavy (non-hydrogen) atoms. The number of hydrogen-bond donors (Lipinski definition) is 0. The maximum absolute atomic E-state index is 13.6. The van der Waals surface area contributed by atoms with Crippen LogP contribution >= 0.6 is 0 Å². The van der Waals surface area contributed by atoms with Crippen LogP contribution in [-0.2, 0) is 21.5 Å². The van der Waals surface area contributed by atoms with Crippen LogP contribution in [0.3, 0.4) is 0 Å². The van der Waals surface area contributed by atoms with Gasteiger partial charge in [0, 0.05) is 45.4 Å². The molecule has 0 saturated carbocycles. The topological polar surface area (TPSA) is 40.6 Å². The van der Waals surface area contributed by atoms with E-state index in [4.69, 9.17) is 0 Å². The summed E-state index contributed by atoms with van der Waals surface area (Å²) in [6.45, 7) is 5.66. The quantitative estimate of drug-likeness (QED) is 0.736. The Morgan fingerprint density at radius 1 is 1.09 bits per heavy atom. The normalized spacial score (nSPS) is 20.0. The molecule has 2 amide bonds. The van der Waals surface area contributed by atoms with Crippen molar-refractivity contribution in [2.45, 2.75) is 38.6 Å². The Bertz CT molecular complexity index is 621. The van der Waals surface area contributed by atoms with Crippen LogP contribution in [0.4, 0.5) is 4.39 Å². The first-order chi connectivity index (χ1) is 10.4. The number of carbonyl (C=O) groups excluding carboxylic acids is 2. The van der Waals surface area contributed by atoms with Crippen LogP contribution in [0.5, 0.6) is 0 Å². The molecular weight excluding hydrogens is 283 g/mol. The minimum Gasteiger partial charge on any atom is -0.343 e. The highest BCUT2D eigenvalue weighted by atomic mass is 19.1. The van der Waals surface area contributed by atoms with Crippen LogP contribution in [0.1, 0.15) is 37.8 Å². The molecule has 2 heterocycles. The van der Waals surface area contributed by atoms with Gasteiger partial charge in [0.1, 0.15) is 5.82 Å². The highest BCUT2D eigenvalue weighted by Crippen LogP contribution is 2.42. The zero-order valence-electron chi connectivity index (χ0n) is 13.1. The summed E-state index contributed by atoms with van der Waals surface area (Å²) in [6, 6.07) is 4.91. The molecule has 2 aliphatic rings. The number of halogens is 1. The van der Waals surface area contributed by atoms with E-state index in [0.717, 1.165) is 24.0 Å². The monoisotopic (exact) mass is 304 g/mol. The Morgan fingerprint density at radius 3 is 2.32 bits per heavy atom. The van der Waals surface area contributed by atoms with Crippen molar-refractivity contribution in [3.05, 3.63) is 35.1 Å². The number of piperidine rings is 1. The summed E-state index contributed by atoms with van der Waals surface area (Å²) < 4.78 is 13.6. The Labute approximate surface area is 129 Å². The minimum absolute atomic E-state index is 0.0169. The number of likely N-dealkylation sites (tertiary alicyclic amines) is 1. The van der Waals surface area contributed by atoms with Gasteiger partial charge in [-0.25, -0.2) is 4.39 Å². The highest BCUT2D eigenvalue weighted by molar-refractivity contribution is 5.74. The smallest absolute Gasteiger partial charge is 0.219 e. The first kappa shape index (κ1) is 15.0. The molecule has 1 aromatic carbocycles. The molecule has 1 saturated heterocycles. The molecule has 2 aliphatic heterocycles. The molecule has 3 rings (SSSR count). The van der Waals surface area contributed by atoms with E-state index >= 15 is 0 Å². The van der Waals surface area contributed by atoms with Crippen molar-refractivity contribution in [2.24, 2.45) is 0 Å². The van der Waals surface area contributed by atoms with Crippen LogP contribution in [-0.4, -0.2) is 41.2 Å². The van der Waals surface area contributed by atoms with Gasteiger partial charge in [-0.3, -0.25) is 9.59 Å².